The van der Waals surface area contributed by atoms with Crippen LogP contribution in [0.4, 0.5) is 23.3 Å². The second-order valence-corrected chi connectivity index (χ2v) is 7.55. The second kappa shape index (κ2) is 21.9. The van der Waals surface area contributed by atoms with Gasteiger partial charge in [-0.05, 0) is 41.8 Å². The Bertz CT molecular complexity index is 1090. The molecule has 0 spiro atoms. The third-order valence-electron chi connectivity index (χ3n) is 5.08. The van der Waals surface area contributed by atoms with Crippen LogP contribution in [0.15, 0.2) is 93.8 Å². The summed E-state index contributed by atoms with van der Waals surface area (Å²) < 4.78 is 7.73. The fourth-order valence-corrected chi connectivity index (χ4v) is 3.25. The summed E-state index contributed by atoms with van der Waals surface area (Å²) in [6.45, 7) is 16.0. The number of nitrogens with zero attached hydrogens (tertiary/aromatic N) is 8. The number of rotatable bonds is 6. The van der Waals surface area contributed by atoms with Gasteiger partial charge in [0.15, 0.2) is 0 Å². The first-order valence-corrected chi connectivity index (χ1v) is 14.0. The van der Waals surface area contributed by atoms with E-state index in [0.717, 1.165) is 29.7 Å². The van der Waals surface area contributed by atoms with E-state index >= 15 is 0 Å². The molecule has 8 heteroatoms. The number of imidazole rings is 2. The maximum atomic E-state index is 4.34. The minimum atomic E-state index is 0. The Morgan fingerprint density at radius 1 is 0.525 bits per heavy atom. The van der Waals surface area contributed by atoms with Crippen molar-refractivity contribution in [3.63, 3.8) is 0 Å². The Kier molecular flexibility index (Phi) is 21.0. The summed E-state index contributed by atoms with van der Waals surface area (Å²) in [5.41, 5.74) is 4.09. The van der Waals surface area contributed by atoms with Crippen molar-refractivity contribution < 1.29 is 9.13 Å². The van der Waals surface area contributed by atoms with Crippen LogP contribution in [0, 0.1) is 0 Å². The predicted octanol–water partition coefficient (Wildman–Crippen LogP) is 9.18. The first kappa shape index (κ1) is 38.2. The molecule has 0 bridgehead atoms. The van der Waals surface area contributed by atoms with Crippen molar-refractivity contribution in [2.24, 2.45) is 48.6 Å². The number of benzene rings is 2. The molecule has 8 nitrogen and oxygen atoms in total. The molecule has 4 aromatic rings. The van der Waals surface area contributed by atoms with Crippen LogP contribution < -0.4 is 9.13 Å². The van der Waals surface area contributed by atoms with Crippen LogP contribution in [0.2, 0.25) is 0 Å². The lowest BCUT2D eigenvalue weighted by Gasteiger charge is -2.02. The monoisotopic (exact) mass is 550 g/mol. The summed E-state index contributed by atoms with van der Waals surface area (Å²) in [4.78, 5) is 0. The lowest BCUT2D eigenvalue weighted by Crippen LogP contribution is -2.25. The molecular weight excluding hydrogens is 496 g/mol. The van der Waals surface area contributed by atoms with E-state index in [-0.39, 0.29) is 7.43 Å². The zero-order valence-corrected chi connectivity index (χ0v) is 26.2. The molecule has 0 N–H and O–H groups in total. The van der Waals surface area contributed by atoms with E-state index in [9.17, 15) is 0 Å². The van der Waals surface area contributed by atoms with Crippen LogP contribution in [0.3, 0.4) is 0 Å². The summed E-state index contributed by atoms with van der Waals surface area (Å²) >= 11 is 0. The Morgan fingerprint density at radius 2 is 0.825 bits per heavy atom. The molecule has 0 aliphatic rings. The average Bonchev–Trinajstić information content (AvgIpc) is 3.50. The molecule has 0 radical (unpaired) electrons. The first-order valence-electron chi connectivity index (χ1n) is 14.0. The molecule has 4 rings (SSSR count). The molecular formula is C32H54N8+2. The van der Waals surface area contributed by atoms with Crippen molar-refractivity contribution in [1.29, 1.82) is 0 Å². The summed E-state index contributed by atoms with van der Waals surface area (Å²) in [5, 5.41) is 17.4. The van der Waals surface area contributed by atoms with E-state index in [1.807, 2.05) is 151 Å². The van der Waals surface area contributed by atoms with Crippen molar-refractivity contribution in [3.8, 4) is 0 Å². The highest BCUT2D eigenvalue weighted by atomic mass is 15.3. The van der Waals surface area contributed by atoms with Crippen molar-refractivity contribution in [1.82, 2.24) is 9.13 Å². The van der Waals surface area contributed by atoms with Crippen LogP contribution in [0.5, 0.6) is 0 Å². The molecule has 0 aliphatic heterocycles. The summed E-state index contributed by atoms with van der Waals surface area (Å²) in [5.74, 6) is 1.59. The van der Waals surface area contributed by atoms with Gasteiger partial charge < -0.3 is 0 Å². The van der Waals surface area contributed by atoms with E-state index in [0.29, 0.717) is 0 Å². The van der Waals surface area contributed by atoms with Crippen LogP contribution >= 0.6 is 0 Å². The van der Waals surface area contributed by atoms with Crippen molar-refractivity contribution in [2.45, 2.75) is 69.2 Å². The number of aromatic nitrogens is 4. The summed E-state index contributed by atoms with van der Waals surface area (Å²) in [6, 6.07) is 16.3. The number of hydrogen-bond acceptors (Lipinski definition) is 4. The Morgan fingerprint density at radius 3 is 1.07 bits per heavy atom. The maximum absolute atomic E-state index is 4.34. The van der Waals surface area contributed by atoms with E-state index in [1.54, 1.807) is 0 Å². The SMILES string of the molecule is C.CC.CC.CC.CC.Cn1cc[n+](C)c1N=Nc1ccc(Cc2ccc(N=Nc3n(C)cc[n+]3C)cc2)cc1. The highest BCUT2D eigenvalue weighted by molar-refractivity contribution is 5.42. The lowest BCUT2D eigenvalue weighted by molar-refractivity contribution is -0.657. The van der Waals surface area contributed by atoms with Crippen LogP contribution in [0.25, 0.3) is 0 Å². The molecule has 0 amide bonds. The summed E-state index contributed by atoms with van der Waals surface area (Å²) in [7, 11) is 7.80. The minimum Gasteiger partial charge on any atom is -0.233 e. The van der Waals surface area contributed by atoms with Gasteiger partial charge in [0, 0.05) is 10.2 Å². The molecule has 2 aromatic carbocycles. The normalized spacial score (nSPS) is 9.70. The number of azo groups is 2. The van der Waals surface area contributed by atoms with Crippen molar-refractivity contribution >= 4 is 23.3 Å². The minimum absolute atomic E-state index is 0. The van der Waals surface area contributed by atoms with Crippen LogP contribution in [-0.2, 0) is 34.6 Å². The third kappa shape index (κ3) is 11.8. The molecule has 2 heterocycles. The standard InChI is InChI=1S/C23H26N8.4C2H6.CH4/c1-28-13-14-29(2)22(28)26-24-20-9-5-18(6-10-20)17-19-7-11-21(12-8-19)25-27-23-30(3)15-16-31(23)4;4*1-2;/h5-16H,17H2,1-4H3;4*1-2H3;1H4/q+2;;;;;. The number of hydrogen-bond donors (Lipinski definition) is 0. The van der Waals surface area contributed by atoms with Crippen LogP contribution in [0.1, 0.15) is 73.9 Å². The largest absolute Gasteiger partial charge is 0.421 e. The lowest BCUT2D eigenvalue weighted by atomic mass is 10.0. The summed E-state index contributed by atoms with van der Waals surface area (Å²) in [6.07, 6.45) is 8.64. The van der Waals surface area contributed by atoms with E-state index < -0.39 is 0 Å². The van der Waals surface area contributed by atoms with Crippen LogP contribution in [-0.4, -0.2) is 9.13 Å². The van der Waals surface area contributed by atoms with E-state index in [4.69, 9.17) is 0 Å². The molecule has 0 aliphatic carbocycles. The van der Waals surface area contributed by atoms with E-state index in [2.05, 4.69) is 44.7 Å². The van der Waals surface area contributed by atoms with Gasteiger partial charge in [-0.3, -0.25) is 0 Å². The fraction of sp³-hybridized carbons (Fsp3) is 0.438. The number of aryl methyl sites for hydroxylation is 4. The molecule has 0 saturated heterocycles. The van der Waals surface area contributed by atoms with Gasteiger partial charge in [0.2, 0.25) is 0 Å². The van der Waals surface area contributed by atoms with E-state index in [1.165, 1.54) is 11.1 Å². The topological polar surface area (TPSA) is 67.1 Å². The molecule has 0 fully saturated rings. The first-order chi connectivity index (χ1) is 19.0. The van der Waals surface area contributed by atoms with Gasteiger partial charge in [0.1, 0.15) is 11.4 Å². The van der Waals surface area contributed by atoms with Gasteiger partial charge in [-0.2, -0.15) is 0 Å². The zero-order chi connectivity index (χ0) is 29.8. The highest BCUT2D eigenvalue weighted by Gasteiger charge is 2.11. The highest BCUT2D eigenvalue weighted by Crippen LogP contribution is 2.20. The Balaban J connectivity index is 0. The smallest absolute Gasteiger partial charge is 0.233 e. The van der Waals surface area contributed by atoms with Gasteiger partial charge in [0.25, 0.3) is 0 Å². The van der Waals surface area contributed by atoms with Gasteiger partial charge in [-0.25, -0.2) is 18.3 Å². The molecule has 2 aromatic heterocycles. The quantitative estimate of drug-likeness (QED) is 0.170. The van der Waals surface area contributed by atoms with Gasteiger partial charge in [-0.15, -0.1) is 0 Å². The molecule has 0 saturated carbocycles. The Hall–Kier alpha value is -3.94. The average molecular weight is 551 g/mol. The Labute approximate surface area is 243 Å². The van der Waals surface area contributed by atoms with Gasteiger partial charge in [-0.1, -0.05) is 97.3 Å². The second-order valence-electron chi connectivity index (χ2n) is 7.55. The maximum Gasteiger partial charge on any atom is 0.421 e. The van der Waals surface area contributed by atoms with Crippen molar-refractivity contribution in [3.05, 3.63) is 84.4 Å². The predicted molar refractivity (Wildman–Crippen MR) is 169 cm³/mol. The molecule has 220 valence electrons. The molecule has 40 heavy (non-hydrogen) atoms. The van der Waals surface area contributed by atoms with Gasteiger partial charge >= 0.3 is 11.9 Å². The third-order valence-corrected chi connectivity index (χ3v) is 5.08. The molecule has 0 atom stereocenters. The zero-order valence-electron chi connectivity index (χ0n) is 26.2. The van der Waals surface area contributed by atoms with Crippen molar-refractivity contribution in [2.75, 3.05) is 0 Å². The molecule has 0 unspecified atom stereocenters. The van der Waals surface area contributed by atoms with Gasteiger partial charge in [0.05, 0.1) is 53.0 Å². The fourth-order valence-electron chi connectivity index (χ4n) is 3.25.